The number of para-hydroxylation sites is 2. The van der Waals surface area contributed by atoms with Gasteiger partial charge in [-0.25, -0.2) is 4.79 Å². The molecule has 3 N–H and O–H groups in total. The van der Waals surface area contributed by atoms with Crippen LogP contribution in [0.3, 0.4) is 0 Å². The van der Waals surface area contributed by atoms with Crippen LogP contribution in [0.15, 0.2) is 24.3 Å². The fourth-order valence-electron chi connectivity index (χ4n) is 2.13. The Morgan fingerprint density at radius 3 is 2.27 bits per heavy atom. The summed E-state index contributed by atoms with van der Waals surface area (Å²) in [5.74, 6) is -0.343. The molecule has 0 aliphatic heterocycles. The smallest absolute Gasteiger partial charge is 0.318 e. The monoisotopic (exact) mass is 366 g/mol. The van der Waals surface area contributed by atoms with Gasteiger partial charge in [0, 0.05) is 6.42 Å². The van der Waals surface area contributed by atoms with Crippen LogP contribution in [0.4, 0.5) is 4.79 Å². The molecule has 0 radical (unpaired) electrons. The zero-order valence-corrected chi connectivity index (χ0v) is 15.3. The van der Waals surface area contributed by atoms with Crippen LogP contribution < -0.4 is 20.5 Å². The Bertz CT molecular complexity index is 617. The Morgan fingerprint density at radius 2 is 1.73 bits per heavy atom. The normalized spacial score (nSPS) is 11.5. The van der Waals surface area contributed by atoms with Crippen molar-refractivity contribution >= 4 is 17.9 Å². The zero-order valence-electron chi connectivity index (χ0n) is 15.3. The first-order chi connectivity index (χ1) is 12.3. The van der Waals surface area contributed by atoms with Crippen molar-refractivity contribution < 1.29 is 28.6 Å². The Labute approximate surface area is 153 Å². The summed E-state index contributed by atoms with van der Waals surface area (Å²) in [5, 5.41) is 1.92. The number of amides is 3. The average molecular weight is 366 g/mol. The quantitative estimate of drug-likeness (QED) is 0.483. The van der Waals surface area contributed by atoms with Crippen molar-refractivity contribution in [2.24, 2.45) is 11.7 Å². The van der Waals surface area contributed by atoms with Crippen molar-refractivity contribution in [2.75, 3.05) is 13.2 Å². The van der Waals surface area contributed by atoms with Crippen molar-refractivity contribution in [3.05, 3.63) is 24.3 Å². The number of ether oxygens (including phenoxy) is 3. The minimum atomic E-state index is -1.07. The van der Waals surface area contributed by atoms with E-state index in [9.17, 15) is 14.4 Å². The number of hydrogen-bond acceptors (Lipinski definition) is 6. The maximum absolute atomic E-state index is 11.9. The highest BCUT2D eigenvalue weighted by Crippen LogP contribution is 2.26. The molecule has 8 nitrogen and oxygen atoms in total. The Balaban J connectivity index is 2.44. The highest BCUT2D eigenvalue weighted by atomic mass is 16.5. The Morgan fingerprint density at radius 1 is 1.12 bits per heavy atom. The van der Waals surface area contributed by atoms with Crippen LogP contribution in [0, 0.1) is 5.92 Å². The minimum absolute atomic E-state index is 0.0733. The summed E-state index contributed by atoms with van der Waals surface area (Å²) in [6.45, 7) is 6.10. The molecule has 1 atom stereocenters. The van der Waals surface area contributed by atoms with E-state index in [0.29, 0.717) is 31.1 Å². The second kappa shape index (κ2) is 11.0. The van der Waals surface area contributed by atoms with Crippen molar-refractivity contribution in [2.45, 2.75) is 39.7 Å². The number of nitrogens with two attached hydrogens (primary N) is 1. The van der Waals surface area contributed by atoms with E-state index in [4.69, 9.17) is 19.9 Å². The highest BCUT2D eigenvalue weighted by molar-refractivity contribution is 5.96. The fourth-order valence-corrected chi connectivity index (χ4v) is 2.13. The number of esters is 1. The van der Waals surface area contributed by atoms with Crippen LogP contribution in [-0.2, 0) is 14.3 Å². The molecule has 1 rings (SSSR count). The van der Waals surface area contributed by atoms with Gasteiger partial charge in [-0.2, -0.15) is 0 Å². The van der Waals surface area contributed by atoms with Gasteiger partial charge in [0.25, 0.3) is 5.91 Å². The number of carbonyl (C=O) groups is 3. The summed E-state index contributed by atoms with van der Waals surface area (Å²) < 4.78 is 16.2. The number of benzene rings is 1. The molecule has 3 amide bonds. The Kier molecular flexibility index (Phi) is 8.97. The summed E-state index contributed by atoms with van der Waals surface area (Å²) in [6.07, 6.45) is -0.597. The highest BCUT2D eigenvalue weighted by Gasteiger charge is 2.27. The molecule has 0 unspecified atom stereocenters. The van der Waals surface area contributed by atoms with Gasteiger partial charge in [-0.15, -0.1) is 0 Å². The second-order valence-corrected chi connectivity index (χ2v) is 5.84. The predicted molar refractivity (Wildman–Crippen MR) is 94.8 cm³/mol. The lowest BCUT2D eigenvalue weighted by atomic mass is 10.1. The molecule has 144 valence electrons. The molecule has 0 fully saturated rings. The molecule has 1 aromatic rings. The summed E-state index contributed by atoms with van der Waals surface area (Å²) in [7, 11) is 0. The Hall–Kier alpha value is -2.77. The first-order valence-electron chi connectivity index (χ1n) is 8.49. The van der Waals surface area contributed by atoms with Gasteiger partial charge >= 0.3 is 12.0 Å². The van der Waals surface area contributed by atoms with E-state index in [0.717, 1.165) is 0 Å². The SMILES string of the molecule is CCOc1ccccc1OCCCC(=O)O[C@@H](C(=O)NC(N)=O)C(C)C. The predicted octanol–water partition coefficient (Wildman–Crippen LogP) is 2.01. The van der Waals surface area contributed by atoms with Gasteiger partial charge in [0.15, 0.2) is 17.6 Å². The van der Waals surface area contributed by atoms with Gasteiger partial charge in [-0.1, -0.05) is 26.0 Å². The molecule has 0 saturated carbocycles. The van der Waals surface area contributed by atoms with Gasteiger partial charge in [-0.3, -0.25) is 14.9 Å². The minimum Gasteiger partial charge on any atom is -0.490 e. The largest absolute Gasteiger partial charge is 0.490 e. The van der Waals surface area contributed by atoms with E-state index in [-0.39, 0.29) is 12.3 Å². The molecule has 0 saturated heterocycles. The molecule has 0 aliphatic carbocycles. The van der Waals surface area contributed by atoms with Crippen molar-refractivity contribution in [3.8, 4) is 11.5 Å². The lowest BCUT2D eigenvalue weighted by molar-refractivity contribution is -0.158. The second-order valence-electron chi connectivity index (χ2n) is 5.84. The summed E-state index contributed by atoms with van der Waals surface area (Å²) in [6, 6.07) is 6.28. The van der Waals surface area contributed by atoms with Crippen LogP contribution in [-0.4, -0.2) is 37.2 Å². The zero-order chi connectivity index (χ0) is 19.5. The first kappa shape index (κ1) is 21.3. The number of nitrogens with one attached hydrogen (secondary N) is 1. The third kappa shape index (κ3) is 7.42. The maximum Gasteiger partial charge on any atom is 0.318 e. The van der Waals surface area contributed by atoms with E-state index in [1.54, 1.807) is 26.0 Å². The molecule has 8 heteroatoms. The van der Waals surface area contributed by atoms with Crippen molar-refractivity contribution in [3.63, 3.8) is 0 Å². The van der Waals surface area contributed by atoms with Crippen molar-refractivity contribution in [1.82, 2.24) is 5.32 Å². The third-order valence-corrected chi connectivity index (χ3v) is 3.30. The number of hydrogen-bond donors (Lipinski definition) is 2. The van der Waals surface area contributed by atoms with E-state index < -0.39 is 24.0 Å². The third-order valence-electron chi connectivity index (χ3n) is 3.30. The van der Waals surface area contributed by atoms with Crippen LogP contribution >= 0.6 is 0 Å². The number of carbonyl (C=O) groups excluding carboxylic acids is 3. The molecule has 0 aliphatic rings. The molecule has 0 aromatic heterocycles. The van der Waals surface area contributed by atoms with E-state index in [1.165, 1.54) is 0 Å². The molecular weight excluding hydrogens is 340 g/mol. The summed E-state index contributed by atoms with van der Waals surface area (Å²) >= 11 is 0. The fraction of sp³-hybridized carbons (Fsp3) is 0.500. The lowest BCUT2D eigenvalue weighted by Gasteiger charge is -2.19. The number of imide groups is 1. The maximum atomic E-state index is 11.9. The van der Waals surface area contributed by atoms with Crippen LogP contribution in [0.5, 0.6) is 11.5 Å². The van der Waals surface area contributed by atoms with Gasteiger partial charge in [0.1, 0.15) is 0 Å². The van der Waals surface area contributed by atoms with E-state index in [2.05, 4.69) is 0 Å². The first-order valence-corrected chi connectivity index (χ1v) is 8.49. The standard InChI is InChI=1S/C18H26N2O6/c1-4-24-13-8-5-6-9-14(13)25-11-7-10-15(21)26-16(12(2)3)17(22)20-18(19)23/h5-6,8-9,12,16H,4,7,10-11H2,1-3H3,(H3,19,20,22,23)/t16-/m1/s1. The summed E-state index contributed by atoms with van der Waals surface area (Å²) in [5.41, 5.74) is 4.91. The van der Waals surface area contributed by atoms with Gasteiger partial charge < -0.3 is 19.9 Å². The van der Waals surface area contributed by atoms with E-state index in [1.807, 2.05) is 24.4 Å². The van der Waals surface area contributed by atoms with Gasteiger partial charge in [0.2, 0.25) is 0 Å². The molecule has 0 bridgehead atoms. The lowest BCUT2D eigenvalue weighted by Crippen LogP contribution is -2.45. The summed E-state index contributed by atoms with van der Waals surface area (Å²) in [4.78, 5) is 34.5. The topological polar surface area (TPSA) is 117 Å². The van der Waals surface area contributed by atoms with Crippen molar-refractivity contribution in [1.29, 1.82) is 0 Å². The molecule has 0 spiro atoms. The number of rotatable bonds is 10. The van der Waals surface area contributed by atoms with E-state index >= 15 is 0 Å². The molecular formula is C18H26N2O6. The van der Waals surface area contributed by atoms with Crippen LogP contribution in [0.2, 0.25) is 0 Å². The van der Waals surface area contributed by atoms with Gasteiger partial charge in [0.05, 0.1) is 13.2 Å². The average Bonchev–Trinajstić information content (AvgIpc) is 2.57. The molecule has 0 heterocycles. The number of primary amides is 1. The van der Waals surface area contributed by atoms with Crippen LogP contribution in [0.25, 0.3) is 0 Å². The van der Waals surface area contributed by atoms with Crippen LogP contribution in [0.1, 0.15) is 33.6 Å². The molecule has 26 heavy (non-hydrogen) atoms. The number of urea groups is 1. The molecule has 1 aromatic carbocycles. The van der Waals surface area contributed by atoms with Gasteiger partial charge in [-0.05, 0) is 31.4 Å².